The second-order valence-electron chi connectivity index (χ2n) is 4.54. The maximum absolute atomic E-state index is 6.30. The van der Waals surface area contributed by atoms with Gasteiger partial charge >= 0.3 is 0 Å². The highest BCUT2D eigenvalue weighted by Gasteiger charge is 2.25. The van der Waals surface area contributed by atoms with Crippen molar-refractivity contribution < 1.29 is 4.74 Å². The molecule has 17 heavy (non-hydrogen) atoms. The van der Waals surface area contributed by atoms with Crippen LogP contribution < -0.4 is 4.90 Å². The first-order valence-corrected chi connectivity index (χ1v) is 6.76. The van der Waals surface area contributed by atoms with E-state index in [9.17, 15) is 0 Å². The van der Waals surface area contributed by atoms with Crippen molar-refractivity contribution >= 4 is 28.9 Å². The van der Waals surface area contributed by atoms with Crippen LogP contribution in [-0.2, 0) is 10.6 Å². The van der Waals surface area contributed by atoms with Crippen molar-refractivity contribution in [1.29, 1.82) is 0 Å². The molecule has 94 valence electrons. The van der Waals surface area contributed by atoms with Crippen molar-refractivity contribution in [1.82, 2.24) is 0 Å². The van der Waals surface area contributed by atoms with E-state index >= 15 is 0 Å². The number of nitrogens with zero attached hydrogens (tertiary/aromatic N) is 1. The van der Waals surface area contributed by atoms with E-state index in [4.69, 9.17) is 27.9 Å². The van der Waals surface area contributed by atoms with Crippen LogP contribution in [0, 0.1) is 0 Å². The minimum absolute atomic E-state index is 0.221. The molecule has 1 heterocycles. The van der Waals surface area contributed by atoms with E-state index < -0.39 is 0 Å². The van der Waals surface area contributed by atoms with Crippen LogP contribution >= 0.6 is 23.2 Å². The maximum atomic E-state index is 6.30. The minimum atomic E-state index is 0.221. The Labute approximate surface area is 112 Å². The average molecular weight is 274 g/mol. The topological polar surface area (TPSA) is 12.5 Å². The Morgan fingerprint density at radius 1 is 1.29 bits per heavy atom. The molecular formula is C13H17Cl2NO. The third-order valence-corrected chi connectivity index (χ3v) is 3.54. The molecule has 1 aliphatic heterocycles. The Balaban J connectivity index is 2.32. The van der Waals surface area contributed by atoms with Gasteiger partial charge in [-0.15, -0.1) is 11.6 Å². The number of halogens is 2. The molecule has 1 aromatic rings. The van der Waals surface area contributed by atoms with Crippen LogP contribution in [0.4, 0.5) is 5.69 Å². The van der Waals surface area contributed by atoms with E-state index in [1.165, 1.54) is 0 Å². The first-order chi connectivity index (χ1) is 8.11. The van der Waals surface area contributed by atoms with Gasteiger partial charge in [0.15, 0.2) is 0 Å². The van der Waals surface area contributed by atoms with Gasteiger partial charge in [0.1, 0.15) is 0 Å². The third-order valence-electron chi connectivity index (χ3n) is 2.95. The molecule has 0 unspecified atom stereocenters. The lowest BCUT2D eigenvalue weighted by Crippen LogP contribution is -2.45. The van der Waals surface area contributed by atoms with Crippen molar-refractivity contribution in [2.75, 3.05) is 18.0 Å². The van der Waals surface area contributed by atoms with E-state index in [-0.39, 0.29) is 12.2 Å². The largest absolute Gasteiger partial charge is 0.372 e. The van der Waals surface area contributed by atoms with Gasteiger partial charge in [0, 0.05) is 19.0 Å². The van der Waals surface area contributed by atoms with Gasteiger partial charge in [-0.3, -0.25) is 0 Å². The SMILES string of the molecule is C[C@@H]1CN(c2c(Cl)cccc2CCl)C[C@H](C)O1. The zero-order chi connectivity index (χ0) is 12.4. The van der Waals surface area contributed by atoms with Crippen molar-refractivity contribution in [3.63, 3.8) is 0 Å². The fourth-order valence-electron chi connectivity index (χ4n) is 2.38. The van der Waals surface area contributed by atoms with Gasteiger partial charge in [0.05, 0.1) is 22.9 Å². The number of ether oxygens (including phenoxy) is 1. The molecule has 0 N–H and O–H groups in total. The summed E-state index contributed by atoms with van der Waals surface area (Å²) in [5.74, 6) is 0.482. The molecule has 4 heteroatoms. The summed E-state index contributed by atoms with van der Waals surface area (Å²) in [6, 6.07) is 5.88. The van der Waals surface area contributed by atoms with Gasteiger partial charge in [-0.25, -0.2) is 0 Å². The predicted molar refractivity (Wildman–Crippen MR) is 73.2 cm³/mol. The molecule has 1 aliphatic rings. The first kappa shape index (κ1) is 13.0. The fraction of sp³-hybridized carbons (Fsp3) is 0.538. The summed E-state index contributed by atoms with van der Waals surface area (Å²) in [6.07, 6.45) is 0.441. The molecule has 0 bridgehead atoms. The van der Waals surface area contributed by atoms with Gasteiger partial charge in [-0.1, -0.05) is 23.7 Å². The third kappa shape index (κ3) is 2.87. The van der Waals surface area contributed by atoms with Gasteiger partial charge in [0.25, 0.3) is 0 Å². The van der Waals surface area contributed by atoms with Gasteiger partial charge in [-0.05, 0) is 25.5 Å². The molecule has 0 aliphatic carbocycles. The second kappa shape index (κ2) is 5.47. The summed E-state index contributed by atoms with van der Waals surface area (Å²) in [5.41, 5.74) is 2.15. The summed E-state index contributed by atoms with van der Waals surface area (Å²) in [4.78, 5) is 2.28. The number of hydrogen-bond donors (Lipinski definition) is 0. The number of anilines is 1. The standard InChI is InChI=1S/C13H17Cl2NO/c1-9-7-16(8-10(2)17-9)13-11(6-14)4-3-5-12(13)15/h3-5,9-10H,6-8H2,1-2H3/t9-,10+. The number of hydrogen-bond acceptors (Lipinski definition) is 2. The molecule has 2 atom stereocenters. The number of morpholine rings is 1. The maximum Gasteiger partial charge on any atom is 0.0726 e. The number of rotatable bonds is 2. The normalized spacial score (nSPS) is 25.1. The minimum Gasteiger partial charge on any atom is -0.372 e. The van der Waals surface area contributed by atoms with Crippen molar-refractivity contribution in [2.24, 2.45) is 0 Å². The number of para-hydroxylation sites is 1. The van der Waals surface area contributed by atoms with Crippen LogP contribution in [0.3, 0.4) is 0 Å². The van der Waals surface area contributed by atoms with Crippen LogP contribution in [0.1, 0.15) is 19.4 Å². The Morgan fingerprint density at radius 2 is 1.94 bits per heavy atom. The Kier molecular flexibility index (Phi) is 4.18. The highest BCUT2D eigenvalue weighted by Crippen LogP contribution is 2.32. The Morgan fingerprint density at radius 3 is 2.53 bits per heavy atom. The summed E-state index contributed by atoms with van der Waals surface area (Å²) in [7, 11) is 0. The van der Waals surface area contributed by atoms with Gasteiger partial charge in [-0.2, -0.15) is 0 Å². The highest BCUT2D eigenvalue weighted by atomic mass is 35.5. The van der Waals surface area contributed by atoms with Crippen molar-refractivity contribution in [3.8, 4) is 0 Å². The van der Waals surface area contributed by atoms with E-state index in [1.807, 2.05) is 18.2 Å². The molecule has 0 radical (unpaired) electrons. The molecule has 2 nitrogen and oxygen atoms in total. The first-order valence-electron chi connectivity index (χ1n) is 5.85. The lowest BCUT2D eigenvalue weighted by molar-refractivity contribution is -0.00524. The van der Waals surface area contributed by atoms with E-state index in [1.54, 1.807) is 0 Å². The Hall–Kier alpha value is -0.440. The molecule has 0 amide bonds. The summed E-state index contributed by atoms with van der Waals surface area (Å²) in [6.45, 7) is 5.88. The smallest absolute Gasteiger partial charge is 0.0726 e. The number of alkyl halides is 1. The monoisotopic (exact) mass is 273 g/mol. The average Bonchev–Trinajstić information content (AvgIpc) is 2.27. The van der Waals surface area contributed by atoms with Crippen LogP contribution in [0.25, 0.3) is 0 Å². The number of benzene rings is 1. The summed E-state index contributed by atoms with van der Waals surface area (Å²) >= 11 is 12.3. The molecule has 1 saturated heterocycles. The van der Waals surface area contributed by atoms with Crippen LogP contribution in [0.15, 0.2) is 18.2 Å². The molecule has 2 rings (SSSR count). The molecular weight excluding hydrogens is 257 g/mol. The zero-order valence-electron chi connectivity index (χ0n) is 10.1. The summed E-state index contributed by atoms with van der Waals surface area (Å²) in [5, 5.41) is 0.768. The molecule has 0 aromatic heterocycles. The Bertz CT molecular complexity index is 387. The fourth-order valence-corrected chi connectivity index (χ4v) is 2.91. The van der Waals surface area contributed by atoms with Crippen LogP contribution in [0.2, 0.25) is 5.02 Å². The van der Waals surface area contributed by atoms with Gasteiger partial charge < -0.3 is 9.64 Å². The lowest BCUT2D eigenvalue weighted by atomic mass is 10.1. The molecule has 1 fully saturated rings. The van der Waals surface area contributed by atoms with Gasteiger partial charge in [0.2, 0.25) is 0 Å². The molecule has 0 saturated carbocycles. The lowest BCUT2D eigenvalue weighted by Gasteiger charge is -2.38. The molecule has 1 aromatic carbocycles. The van der Waals surface area contributed by atoms with E-state index in [0.717, 1.165) is 29.4 Å². The van der Waals surface area contributed by atoms with Crippen LogP contribution in [0.5, 0.6) is 0 Å². The highest BCUT2D eigenvalue weighted by molar-refractivity contribution is 6.33. The van der Waals surface area contributed by atoms with Crippen molar-refractivity contribution in [3.05, 3.63) is 28.8 Å². The van der Waals surface area contributed by atoms with Crippen LogP contribution in [-0.4, -0.2) is 25.3 Å². The summed E-state index contributed by atoms with van der Waals surface area (Å²) < 4.78 is 5.73. The van der Waals surface area contributed by atoms with E-state index in [0.29, 0.717) is 5.88 Å². The zero-order valence-corrected chi connectivity index (χ0v) is 11.6. The predicted octanol–water partition coefficient (Wildman–Crippen LogP) is 3.69. The van der Waals surface area contributed by atoms with E-state index in [2.05, 4.69) is 18.7 Å². The quantitative estimate of drug-likeness (QED) is 0.762. The second-order valence-corrected chi connectivity index (χ2v) is 5.22. The molecule has 0 spiro atoms. The van der Waals surface area contributed by atoms with Crippen molar-refractivity contribution in [2.45, 2.75) is 31.9 Å².